The summed E-state index contributed by atoms with van der Waals surface area (Å²) >= 11 is 0. The summed E-state index contributed by atoms with van der Waals surface area (Å²) in [5, 5.41) is 0. The summed E-state index contributed by atoms with van der Waals surface area (Å²) in [7, 11) is 0. The minimum absolute atomic E-state index is 0.166. The second-order valence-electron chi connectivity index (χ2n) is 3.76. The van der Waals surface area contributed by atoms with Crippen molar-refractivity contribution < 1.29 is 9.53 Å². The number of hydrogen-bond acceptors (Lipinski definition) is 2. The largest absolute Gasteiger partial charge is 0.466 e. The van der Waals surface area contributed by atoms with E-state index in [-0.39, 0.29) is 5.97 Å². The van der Waals surface area contributed by atoms with Gasteiger partial charge in [-0.1, -0.05) is 39.5 Å². The second kappa shape index (κ2) is 8.09. The van der Waals surface area contributed by atoms with Crippen molar-refractivity contribution in [3.63, 3.8) is 0 Å². The van der Waals surface area contributed by atoms with E-state index in [9.17, 15) is 4.79 Å². The molecule has 0 amide bonds. The summed E-state index contributed by atoms with van der Waals surface area (Å²) in [5.41, 5.74) is 0. The summed E-state index contributed by atoms with van der Waals surface area (Å²) in [5.74, 6) is 0.348. The fourth-order valence-corrected chi connectivity index (χ4v) is 1.26. The van der Waals surface area contributed by atoms with E-state index in [0.717, 1.165) is 0 Å². The molecule has 0 aromatic heterocycles. The molecule has 0 N–H and O–H groups in total. The third kappa shape index (κ3) is 9.38. The van der Waals surface area contributed by atoms with Gasteiger partial charge >= 0.3 is 5.97 Å². The van der Waals surface area contributed by atoms with Crippen LogP contribution < -0.4 is 0 Å². The van der Waals surface area contributed by atoms with Crippen LogP contribution >= 0.6 is 0 Å². The smallest absolute Gasteiger partial charge is 0.302 e. The van der Waals surface area contributed by atoms with Gasteiger partial charge in [-0.25, -0.2) is 0 Å². The van der Waals surface area contributed by atoms with Crippen molar-refractivity contribution in [3.8, 4) is 0 Å². The second-order valence-corrected chi connectivity index (χ2v) is 3.76. The Hall–Kier alpha value is -0.530. The first-order valence-corrected chi connectivity index (χ1v) is 5.30. The molecule has 0 bridgehead atoms. The Morgan fingerprint density at radius 1 is 1.31 bits per heavy atom. The molecule has 0 spiro atoms. The molecule has 1 atom stereocenters. The summed E-state index contributed by atoms with van der Waals surface area (Å²) in [6.07, 6.45) is 6.34. The van der Waals surface area contributed by atoms with Gasteiger partial charge in [0.1, 0.15) is 0 Å². The molecule has 13 heavy (non-hydrogen) atoms. The lowest BCUT2D eigenvalue weighted by atomic mass is 10.0. The van der Waals surface area contributed by atoms with Crippen molar-refractivity contribution >= 4 is 5.97 Å². The highest BCUT2D eigenvalue weighted by molar-refractivity contribution is 5.65. The van der Waals surface area contributed by atoms with E-state index in [4.69, 9.17) is 4.74 Å². The maximum absolute atomic E-state index is 10.5. The van der Waals surface area contributed by atoms with Crippen LogP contribution in [0.3, 0.4) is 0 Å². The van der Waals surface area contributed by atoms with Crippen LogP contribution in [0.2, 0.25) is 0 Å². The van der Waals surface area contributed by atoms with Crippen LogP contribution in [0.5, 0.6) is 0 Å². The molecule has 0 aliphatic carbocycles. The Morgan fingerprint density at radius 2 is 2.00 bits per heavy atom. The molecule has 2 nitrogen and oxygen atoms in total. The Labute approximate surface area is 81.7 Å². The van der Waals surface area contributed by atoms with Gasteiger partial charge in [-0.3, -0.25) is 4.79 Å². The highest BCUT2D eigenvalue weighted by Gasteiger charge is 2.03. The van der Waals surface area contributed by atoms with Gasteiger partial charge in [0.15, 0.2) is 0 Å². The predicted molar refractivity (Wildman–Crippen MR) is 54.6 cm³/mol. The number of unbranched alkanes of at least 4 members (excludes halogenated alkanes) is 3. The van der Waals surface area contributed by atoms with Gasteiger partial charge < -0.3 is 4.74 Å². The quantitative estimate of drug-likeness (QED) is 0.451. The number of rotatable bonds is 7. The number of hydrogen-bond donors (Lipinski definition) is 0. The Bertz CT molecular complexity index is 132. The molecule has 0 aliphatic rings. The minimum atomic E-state index is -0.166. The van der Waals surface area contributed by atoms with Crippen LogP contribution in [0, 0.1) is 5.92 Å². The summed E-state index contributed by atoms with van der Waals surface area (Å²) in [6.45, 7) is 6.39. The van der Waals surface area contributed by atoms with Gasteiger partial charge in [-0.05, 0) is 12.3 Å². The number of esters is 1. The van der Waals surface area contributed by atoms with E-state index < -0.39 is 0 Å². The Kier molecular flexibility index (Phi) is 7.76. The van der Waals surface area contributed by atoms with Gasteiger partial charge in [0, 0.05) is 6.92 Å². The van der Waals surface area contributed by atoms with Crippen LogP contribution in [0.4, 0.5) is 0 Å². The monoisotopic (exact) mass is 186 g/mol. The molecule has 0 heterocycles. The molecular formula is C11H22O2. The number of carbonyl (C=O) groups is 1. The van der Waals surface area contributed by atoms with Crippen LogP contribution in [0.15, 0.2) is 0 Å². The zero-order chi connectivity index (χ0) is 10.1. The zero-order valence-electron chi connectivity index (χ0n) is 9.14. The molecular weight excluding hydrogens is 164 g/mol. The molecule has 0 unspecified atom stereocenters. The topological polar surface area (TPSA) is 26.3 Å². The Balaban J connectivity index is 3.19. The standard InChI is InChI=1S/C11H22O2/c1-4-5-6-7-8-10(2)9-13-11(3)12/h10H,4-9H2,1-3H3/t10-/m0/s1. The van der Waals surface area contributed by atoms with Crippen LogP contribution in [0.1, 0.15) is 52.9 Å². The van der Waals surface area contributed by atoms with Crippen molar-refractivity contribution in [1.82, 2.24) is 0 Å². The first-order valence-electron chi connectivity index (χ1n) is 5.30. The molecule has 0 rings (SSSR count). The van der Waals surface area contributed by atoms with Gasteiger partial charge in [-0.2, -0.15) is 0 Å². The van der Waals surface area contributed by atoms with E-state index >= 15 is 0 Å². The summed E-state index contributed by atoms with van der Waals surface area (Å²) < 4.78 is 4.92. The lowest BCUT2D eigenvalue weighted by Crippen LogP contribution is -2.09. The van der Waals surface area contributed by atoms with Crippen molar-refractivity contribution in [2.45, 2.75) is 52.9 Å². The average molecular weight is 186 g/mol. The number of carbonyl (C=O) groups excluding carboxylic acids is 1. The maximum Gasteiger partial charge on any atom is 0.302 e. The van der Waals surface area contributed by atoms with Crippen molar-refractivity contribution in [2.75, 3.05) is 6.61 Å². The van der Waals surface area contributed by atoms with E-state index in [1.807, 2.05) is 0 Å². The van der Waals surface area contributed by atoms with Gasteiger partial charge in [0.05, 0.1) is 6.61 Å². The molecule has 0 aromatic carbocycles. The van der Waals surface area contributed by atoms with Gasteiger partial charge in [0.2, 0.25) is 0 Å². The highest BCUT2D eigenvalue weighted by atomic mass is 16.5. The van der Waals surface area contributed by atoms with E-state index in [1.165, 1.54) is 39.0 Å². The summed E-state index contributed by atoms with van der Waals surface area (Å²) in [4.78, 5) is 10.5. The molecule has 0 aliphatic heterocycles. The maximum atomic E-state index is 10.5. The third-order valence-electron chi connectivity index (χ3n) is 2.12. The number of ether oxygens (including phenoxy) is 1. The van der Waals surface area contributed by atoms with Crippen LogP contribution in [0.25, 0.3) is 0 Å². The fourth-order valence-electron chi connectivity index (χ4n) is 1.26. The molecule has 78 valence electrons. The van der Waals surface area contributed by atoms with Crippen molar-refractivity contribution in [1.29, 1.82) is 0 Å². The molecule has 0 saturated heterocycles. The molecule has 0 aromatic rings. The van der Waals surface area contributed by atoms with Crippen LogP contribution in [-0.2, 0) is 9.53 Å². The lowest BCUT2D eigenvalue weighted by Gasteiger charge is -2.10. The molecule has 0 saturated carbocycles. The molecule has 0 radical (unpaired) electrons. The van der Waals surface area contributed by atoms with Crippen molar-refractivity contribution in [3.05, 3.63) is 0 Å². The fraction of sp³-hybridized carbons (Fsp3) is 0.909. The SMILES string of the molecule is CCCCCC[C@H](C)COC(C)=O. The molecule has 2 heteroatoms. The van der Waals surface area contributed by atoms with Crippen molar-refractivity contribution in [2.24, 2.45) is 5.92 Å². The predicted octanol–water partition coefficient (Wildman–Crippen LogP) is 3.16. The molecule has 0 fully saturated rings. The highest BCUT2D eigenvalue weighted by Crippen LogP contribution is 2.10. The normalized spacial score (nSPS) is 12.5. The first-order chi connectivity index (χ1) is 6.16. The first kappa shape index (κ1) is 12.5. The van der Waals surface area contributed by atoms with E-state index in [0.29, 0.717) is 12.5 Å². The summed E-state index contributed by atoms with van der Waals surface area (Å²) in [6, 6.07) is 0. The van der Waals surface area contributed by atoms with Crippen LogP contribution in [-0.4, -0.2) is 12.6 Å². The van der Waals surface area contributed by atoms with E-state index in [1.54, 1.807) is 0 Å². The van der Waals surface area contributed by atoms with Gasteiger partial charge in [-0.15, -0.1) is 0 Å². The third-order valence-corrected chi connectivity index (χ3v) is 2.12. The average Bonchev–Trinajstić information content (AvgIpc) is 2.09. The zero-order valence-corrected chi connectivity index (χ0v) is 9.14. The Morgan fingerprint density at radius 3 is 2.54 bits per heavy atom. The lowest BCUT2D eigenvalue weighted by molar-refractivity contribution is -0.142. The van der Waals surface area contributed by atoms with E-state index in [2.05, 4.69) is 13.8 Å². The minimum Gasteiger partial charge on any atom is -0.466 e. The van der Waals surface area contributed by atoms with Gasteiger partial charge in [0.25, 0.3) is 0 Å².